The van der Waals surface area contributed by atoms with Crippen LogP contribution in [-0.2, 0) is 5.92 Å². The molecule has 208 valence electrons. The minimum atomic E-state index is -2.80. The van der Waals surface area contributed by atoms with Crippen molar-refractivity contribution in [2.75, 3.05) is 6.54 Å². The number of alkyl halides is 2. The van der Waals surface area contributed by atoms with Crippen molar-refractivity contribution in [2.45, 2.75) is 104 Å². The van der Waals surface area contributed by atoms with Crippen LogP contribution in [0, 0.1) is 5.92 Å². The molecule has 0 spiro atoms. The second kappa shape index (κ2) is 14.3. The minimum Gasteiger partial charge on any atom is -0.384 e. The summed E-state index contributed by atoms with van der Waals surface area (Å²) in [7, 11) is 0. The van der Waals surface area contributed by atoms with Crippen LogP contribution in [0.1, 0.15) is 119 Å². The average molecular weight is 540 g/mol. The first-order valence-corrected chi connectivity index (χ1v) is 15.4. The Morgan fingerprint density at radius 1 is 1.03 bits per heavy atom. The number of thiophene rings is 1. The largest absolute Gasteiger partial charge is 0.384 e. The summed E-state index contributed by atoms with van der Waals surface area (Å²) >= 11 is 1.89. The van der Waals surface area contributed by atoms with E-state index in [-0.39, 0.29) is 11.5 Å². The summed E-state index contributed by atoms with van der Waals surface area (Å²) in [5.74, 6) is -1.75. The molecule has 1 heterocycles. The third-order valence-electron chi connectivity index (χ3n) is 7.77. The molecular formula is C34H47F2NS. The normalized spacial score (nSPS) is 18.6. The Hall–Kier alpha value is -2.20. The highest BCUT2D eigenvalue weighted by molar-refractivity contribution is 7.13. The molecule has 2 aromatic rings. The topological polar surface area (TPSA) is 12.0 Å². The number of allylic oxidation sites excluding steroid dienone is 4. The fourth-order valence-electron chi connectivity index (χ4n) is 5.65. The fraction of sp³-hybridized carbons (Fsp3) is 0.529. The summed E-state index contributed by atoms with van der Waals surface area (Å²) in [6.45, 7) is 15.2. The number of benzene rings is 1. The van der Waals surface area contributed by atoms with Gasteiger partial charge in [0, 0.05) is 40.4 Å². The number of rotatable bonds is 15. The minimum absolute atomic E-state index is 0.0750. The van der Waals surface area contributed by atoms with Crippen LogP contribution in [0.3, 0.4) is 0 Å². The third-order valence-corrected chi connectivity index (χ3v) is 9.07. The van der Waals surface area contributed by atoms with E-state index >= 15 is 0 Å². The second-order valence-corrected chi connectivity index (χ2v) is 12.3. The van der Waals surface area contributed by atoms with E-state index in [9.17, 15) is 8.78 Å². The van der Waals surface area contributed by atoms with Gasteiger partial charge in [-0.3, -0.25) is 0 Å². The highest BCUT2D eigenvalue weighted by Gasteiger charge is 2.28. The maximum Gasteiger partial charge on any atom is 0.270 e. The standard InChI is InChI=1S/C34H47F2NS/c1-7-9-11-12-20-37-26(5)31-18-19-32(38-31)29(13-10-8-2)23-27-21-24(3)33(25(4)22-27)28-14-16-30(17-15-28)34(6,35)36/h14-19,21-22,24,29,33,37H,5,7-13,20,23H2,1-4,6H3. The van der Waals surface area contributed by atoms with Gasteiger partial charge in [-0.2, -0.15) is 0 Å². The highest BCUT2D eigenvalue weighted by Crippen LogP contribution is 2.42. The number of hydrogen-bond acceptors (Lipinski definition) is 2. The van der Waals surface area contributed by atoms with Crippen molar-refractivity contribution < 1.29 is 8.78 Å². The molecule has 0 saturated heterocycles. The Morgan fingerprint density at radius 3 is 2.37 bits per heavy atom. The molecule has 3 unspecified atom stereocenters. The zero-order chi connectivity index (χ0) is 27.7. The van der Waals surface area contributed by atoms with Gasteiger partial charge in [0.2, 0.25) is 0 Å². The van der Waals surface area contributed by atoms with Crippen LogP contribution in [0.25, 0.3) is 5.70 Å². The van der Waals surface area contributed by atoms with E-state index in [0.717, 1.165) is 31.1 Å². The second-order valence-electron chi connectivity index (χ2n) is 11.2. The number of halogens is 2. The van der Waals surface area contributed by atoms with Crippen molar-refractivity contribution in [3.05, 3.63) is 87.2 Å². The predicted molar refractivity (Wildman–Crippen MR) is 162 cm³/mol. The molecule has 1 N–H and O–H groups in total. The Balaban J connectivity index is 1.69. The maximum atomic E-state index is 13.7. The van der Waals surface area contributed by atoms with Gasteiger partial charge >= 0.3 is 0 Å². The van der Waals surface area contributed by atoms with Crippen molar-refractivity contribution in [3.63, 3.8) is 0 Å². The van der Waals surface area contributed by atoms with Gasteiger partial charge in [-0.1, -0.05) is 107 Å². The van der Waals surface area contributed by atoms with Crippen LogP contribution in [0.5, 0.6) is 0 Å². The molecule has 1 aromatic carbocycles. The molecule has 1 aliphatic rings. The molecule has 38 heavy (non-hydrogen) atoms. The van der Waals surface area contributed by atoms with E-state index < -0.39 is 5.92 Å². The summed E-state index contributed by atoms with van der Waals surface area (Å²) in [5, 5.41) is 3.53. The molecule has 0 fully saturated rings. The van der Waals surface area contributed by atoms with E-state index in [1.807, 2.05) is 23.5 Å². The van der Waals surface area contributed by atoms with Gasteiger partial charge in [0.25, 0.3) is 5.92 Å². The van der Waals surface area contributed by atoms with E-state index in [1.165, 1.54) is 65.8 Å². The first-order chi connectivity index (χ1) is 18.1. The Bertz CT molecular complexity index is 1090. The lowest BCUT2D eigenvalue weighted by atomic mass is 9.75. The van der Waals surface area contributed by atoms with Crippen molar-refractivity contribution in [2.24, 2.45) is 5.92 Å². The Labute approximate surface area is 234 Å². The summed E-state index contributed by atoms with van der Waals surface area (Å²) in [6, 6.07) is 11.5. The van der Waals surface area contributed by atoms with E-state index in [1.54, 1.807) is 12.1 Å². The summed E-state index contributed by atoms with van der Waals surface area (Å²) in [5.41, 5.74) is 4.94. The van der Waals surface area contributed by atoms with Crippen LogP contribution in [-0.4, -0.2) is 6.54 Å². The average Bonchev–Trinajstić information content (AvgIpc) is 3.36. The molecular weight excluding hydrogens is 492 g/mol. The van der Waals surface area contributed by atoms with Crippen molar-refractivity contribution in [1.29, 1.82) is 0 Å². The molecule has 3 rings (SSSR count). The SMILES string of the molecule is C=C(NCCCCCC)c1ccc(C(CCCC)CC2=CC(C)C(c3ccc(C(C)(F)F)cc3)C(C)=C2)s1. The van der Waals surface area contributed by atoms with Gasteiger partial charge in [-0.05, 0) is 55.7 Å². The van der Waals surface area contributed by atoms with E-state index in [2.05, 4.69) is 63.9 Å². The predicted octanol–water partition coefficient (Wildman–Crippen LogP) is 11.0. The van der Waals surface area contributed by atoms with Crippen molar-refractivity contribution in [3.8, 4) is 0 Å². The molecule has 1 aliphatic carbocycles. The van der Waals surface area contributed by atoms with E-state index in [4.69, 9.17) is 0 Å². The fourth-order valence-corrected chi connectivity index (χ4v) is 6.74. The van der Waals surface area contributed by atoms with Crippen LogP contribution in [0.15, 0.2) is 66.3 Å². The lowest BCUT2D eigenvalue weighted by Gasteiger charge is -2.29. The summed E-state index contributed by atoms with van der Waals surface area (Å²) in [4.78, 5) is 2.69. The van der Waals surface area contributed by atoms with Crippen LogP contribution in [0.4, 0.5) is 8.78 Å². The first-order valence-electron chi connectivity index (χ1n) is 14.5. The molecule has 1 aromatic heterocycles. The smallest absolute Gasteiger partial charge is 0.270 e. The number of unbranched alkanes of at least 4 members (excludes halogenated alkanes) is 4. The Kier molecular flexibility index (Phi) is 11.4. The lowest BCUT2D eigenvalue weighted by molar-refractivity contribution is 0.0174. The van der Waals surface area contributed by atoms with Crippen molar-refractivity contribution in [1.82, 2.24) is 5.32 Å². The van der Waals surface area contributed by atoms with Crippen LogP contribution >= 0.6 is 11.3 Å². The van der Waals surface area contributed by atoms with Gasteiger partial charge in [-0.15, -0.1) is 11.3 Å². The Morgan fingerprint density at radius 2 is 1.74 bits per heavy atom. The quantitative estimate of drug-likeness (QED) is 0.222. The van der Waals surface area contributed by atoms with Crippen LogP contribution in [0.2, 0.25) is 0 Å². The molecule has 0 radical (unpaired) electrons. The van der Waals surface area contributed by atoms with Crippen LogP contribution < -0.4 is 5.32 Å². The van der Waals surface area contributed by atoms with Gasteiger partial charge in [0.05, 0.1) is 0 Å². The third kappa shape index (κ3) is 8.40. The zero-order valence-corrected chi connectivity index (χ0v) is 24.9. The molecule has 1 nitrogen and oxygen atoms in total. The molecule has 0 amide bonds. The van der Waals surface area contributed by atoms with Gasteiger partial charge in [0.15, 0.2) is 0 Å². The highest BCUT2D eigenvalue weighted by atomic mass is 32.1. The lowest BCUT2D eigenvalue weighted by Crippen LogP contribution is -2.15. The van der Waals surface area contributed by atoms with E-state index in [0.29, 0.717) is 11.8 Å². The zero-order valence-electron chi connectivity index (χ0n) is 24.1. The monoisotopic (exact) mass is 539 g/mol. The van der Waals surface area contributed by atoms with Crippen molar-refractivity contribution >= 4 is 17.0 Å². The molecule has 0 bridgehead atoms. The molecule has 4 heteroatoms. The maximum absolute atomic E-state index is 13.7. The number of hydrogen-bond donors (Lipinski definition) is 1. The summed E-state index contributed by atoms with van der Waals surface area (Å²) < 4.78 is 27.4. The molecule has 0 aliphatic heterocycles. The number of nitrogens with one attached hydrogen (secondary N) is 1. The summed E-state index contributed by atoms with van der Waals surface area (Å²) in [6.07, 6.45) is 14.4. The van der Waals surface area contributed by atoms with Gasteiger partial charge in [-0.25, -0.2) is 8.78 Å². The van der Waals surface area contributed by atoms with Gasteiger partial charge < -0.3 is 5.32 Å². The molecule has 0 saturated carbocycles. The first kappa shape index (κ1) is 30.3. The molecule has 3 atom stereocenters. The van der Waals surface area contributed by atoms with Gasteiger partial charge in [0.1, 0.15) is 0 Å².